The van der Waals surface area contributed by atoms with Crippen molar-refractivity contribution in [2.45, 2.75) is 48.1 Å². The van der Waals surface area contributed by atoms with Crippen LogP contribution in [0.3, 0.4) is 0 Å². The highest BCUT2D eigenvalue weighted by atomic mass is 16.7. The second kappa shape index (κ2) is 11.9. The Kier molecular flexibility index (Phi) is 8.90. The van der Waals surface area contributed by atoms with Crippen LogP contribution in [0.1, 0.15) is 65.2 Å². The van der Waals surface area contributed by atoms with E-state index < -0.39 is 11.9 Å². The molecule has 3 aromatic rings. The molecule has 0 atom stereocenters. The molecule has 0 aliphatic carbocycles. The molecule has 0 fully saturated rings. The Morgan fingerprint density at radius 1 is 0.838 bits per heavy atom. The molecule has 0 heterocycles. The third kappa shape index (κ3) is 5.75. The molecule has 6 heteroatoms. The fraction of sp³-hybridized carbons (Fsp3) is 0.290. The number of ether oxygens (including phenoxy) is 4. The summed E-state index contributed by atoms with van der Waals surface area (Å²) in [4.78, 5) is 26.1. The molecule has 0 aromatic heterocycles. The highest BCUT2D eigenvalue weighted by Gasteiger charge is 2.25. The summed E-state index contributed by atoms with van der Waals surface area (Å²) in [6.07, 6.45) is 1.69. The number of carbonyl (C=O) groups is 2. The summed E-state index contributed by atoms with van der Waals surface area (Å²) in [6.45, 7) is 15.2. The summed E-state index contributed by atoms with van der Waals surface area (Å²) < 4.78 is 22.1. The molecule has 0 radical (unpaired) electrons. The Labute approximate surface area is 218 Å². The lowest BCUT2D eigenvalue weighted by molar-refractivity contribution is -0.0126. The van der Waals surface area contributed by atoms with Gasteiger partial charge in [0.05, 0.1) is 11.1 Å². The molecule has 0 aliphatic heterocycles. The van der Waals surface area contributed by atoms with Crippen LogP contribution in [0.4, 0.5) is 0 Å². The second-order valence-corrected chi connectivity index (χ2v) is 9.02. The van der Waals surface area contributed by atoms with Crippen molar-refractivity contribution >= 4 is 18.0 Å². The molecule has 3 rings (SSSR count). The van der Waals surface area contributed by atoms with Gasteiger partial charge < -0.3 is 18.9 Å². The molecule has 0 aliphatic rings. The van der Waals surface area contributed by atoms with Crippen LogP contribution in [0, 0.1) is 41.5 Å². The minimum absolute atomic E-state index is 0.137. The smallest absolute Gasteiger partial charge is 0.344 e. The van der Waals surface area contributed by atoms with Crippen LogP contribution in [0.15, 0.2) is 43.0 Å². The second-order valence-electron chi connectivity index (χ2n) is 9.02. The quantitative estimate of drug-likeness (QED) is 0.183. The number of aryl methyl sites for hydroxylation is 1. The van der Waals surface area contributed by atoms with E-state index in [1.807, 2.05) is 77.9 Å². The van der Waals surface area contributed by atoms with Gasteiger partial charge in [0.1, 0.15) is 18.1 Å². The van der Waals surface area contributed by atoms with Gasteiger partial charge in [-0.2, -0.15) is 0 Å². The first kappa shape index (κ1) is 27.7. The normalized spacial score (nSPS) is 10.7. The van der Waals surface area contributed by atoms with Gasteiger partial charge in [0, 0.05) is 12.7 Å². The monoisotopic (exact) mass is 502 g/mol. The van der Waals surface area contributed by atoms with Gasteiger partial charge in [-0.05, 0) is 86.6 Å². The maximum absolute atomic E-state index is 13.5. The third-order valence-corrected chi connectivity index (χ3v) is 6.69. The van der Waals surface area contributed by atoms with Crippen LogP contribution in [0.25, 0.3) is 6.08 Å². The van der Waals surface area contributed by atoms with E-state index in [0.717, 1.165) is 22.3 Å². The average molecular weight is 503 g/mol. The Bertz CT molecular complexity index is 1310. The molecule has 0 N–H and O–H groups in total. The van der Waals surface area contributed by atoms with Crippen LogP contribution in [0.2, 0.25) is 0 Å². The van der Waals surface area contributed by atoms with Crippen molar-refractivity contribution in [2.75, 3.05) is 13.9 Å². The van der Waals surface area contributed by atoms with Crippen molar-refractivity contribution in [2.24, 2.45) is 0 Å². The number of rotatable bonds is 9. The molecule has 3 aromatic carbocycles. The number of esters is 2. The topological polar surface area (TPSA) is 71.1 Å². The maximum Gasteiger partial charge on any atom is 0.344 e. The summed E-state index contributed by atoms with van der Waals surface area (Å²) in [7, 11) is 1.45. The molecule has 0 spiro atoms. The predicted octanol–water partition coefficient (Wildman–Crippen LogP) is 6.74. The van der Waals surface area contributed by atoms with Crippen molar-refractivity contribution in [3.8, 4) is 11.5 Å². The molecule has 194 valence electrons. The van der Waals surface area contributed by atoms with E-state index in [1.165, 1.54) is 7.11 Å². The lowest BCUT2D eigenvalue weighted by Gasteiger charge is -2.21. The van der Waals surface area contributed by atoms with Crippen molar-refractivity contribution in [3.63, 3.8) is 0 Å². The largest absolute Gasteiger partial charge is 0.488 e. The predicted molar refractivity (Wildman–Crippen MR) is 144 cm³/mol. The first-order valence-electron chi connectivity index (χ1n) is 12.0. The molecule has 0 bridgehead atoms. The zero-order chi connectivity index (χ0) is 27.3. The highest BCUT2D eigenvalue weighted by molar-refractivity contribution is 5.97. The first-order chi connectivity index (χ1) is 17.6. The van der Waals surface area contributed by atoms with E-state index in [4.69, 9.17) is 18.9 Å². The lowest BCUT2D eigenvalue weighted by Crippen LogP contribution is -2.18. The van der Waals surface area contributed by atoms with Crippen LogP contribution in [-0.2, 0) is 16.1 Å². The summed E-state index contributed by atoms with van der Waals surface area (Å²) in [5.41, 5.74) is 6.94. The van der Waals surface area contributed by atoms with Gasteiger partial charge in [-0.3, -0.25) is 0 Å². The van der Waals surface area contributed by atoms with E-state index in [0.29, 0.717) is 51.5 Å². The Morgan fingerprint density at radius 3 is 2.03 bits per heavy atom. The molecule has 6 nitrogen and oxygen atoms in total. The van der Waals surface area contributed by atoms with Crippen LogP contribution in [0.5, 0.6) is 11.5 Å². The van der Waals surface area contributed by atoms with Gasteiger partial charge in [0.15, 0.2) is 6.79 Å². The SMILES string of the molecule is C=Cc1c(OCc2ccccc2)cc(C)c(C(=O)Oc2c(C)c(C)c(C(=O)OCOC)c(C)c2C)c1C. The van der Waals surface area contributed by atoms with Gasteiger partial charge in [0.2, 0.25) is 0 Å². The fourth-order valence-corrected chi connectivity index (χ4v) is 4.45. The third-order valence-electron chi connectivity index (χ3n) is 6.69. The maximum atomic E-state index is 13.5. The van der Waals surface area contributed by atoms with Crippen LogP contribution in [-0.4, -0.2) is 25.8 Å². The minimum Gasteiger partial charge on any atom is -0.488 e. The van der Waals surface area contributed by atoms with Gasteiger partial charge in [0.25, 0.3) is 0 Å². The van der Waals surface area contributed by atoms with E-state index in [9.17, 15) is 9.59 Å². The number of hydrogen-bond donors (Lipinski definition) is 0. The molecular weight excluding hydrogens is 468 g/mol. The van der Waals surface area contributed by atoms with Gasteiger partial charge in [-0.1, -0.05) is 43.0 Å². The fourth-order valence-electron chi connectivity index (χ4n) is 4.45. The van der Waals surface area contributed by atoms with Crippen molar-refractivity contribution in [1.82, 2.24) is 0 Å². The van der Waals surface area contributed by atoms with E-state index in [2.05, 4.69) is 6.58 Å². The molecule has 0 saturated heterocycles. The van der Waals surface area contributed by atoms with Crippen molar-refractivity contribution in [1.29, 1.82) is 0 Å². The highest BCUT2D eigenvalue weighted by Crippen LogP contribution is 2.35. The number of hydrogen-bond acceptors (Lipinski definition) is 6. The van der Waals surface area contributed by atoms with Crippen LogP contribution >= 0.6 is 0 Å². The molecule has 37 heavy (non-hydrogen) atoms. The van der Waals surface area contributed by atoms with Crippen molar-refractivity contribution < 1.29 is 28.5 Å². The number of carbonyl (C=O) groups excluding carboxylic acids is 2. The van der Waals surface area contributed by atoms with E-state index >= 15 is 0 Å². The minimum atomic E-state index is -0.479. The Balaban J connectivity index is 1.95. The van der Waals surface area contributed by atoms with E-state index in [-0.39, 0.29) is 6.79 Å². The van der Waals surface area contributed by atoms with E-state index in [1.54, 1.807) is 6.08 Å². The van der Waals surface area contributed by atoms with Gasteiger partial charge in [-0.25, -0.2) is 9.59 Å². The van der Waals surface area contributed by atoms with Gasteiger partial charge >= 0.3 is 11.9 Å². The summed E-state index contributed by atoms with van der Waals surface area (Å²) in [5, 5.41) is 0. The molecule has 0 saturated carbocycles. The molecule has 0 amide bonds. The Morgan fingerprint density at radius 2 is 1.46 bits per heavy atom. The number of methoxy groups -OCH3 is 1. The Hall–Kier alpha value is -3.90. The standard InChI is InChI=1S/C31H34O6/c1-9-25-23(7)27(18(2)15-26(25)35-16-24-13-11-10-12-14-24)31(33)37-29-21(5)19(3)28(20(4)22(29)6)30(32)36-17-34-8/h9-15H,1,16-17H2,2-8H3. The molecule has 0 unspecified atom stereocenters. The first-order valence-corrected chi connectivity index (χ1v) is 12.0. The zero-order valence-corrected chi connectivity index (χ0v) is 22.6. The summed E-state index contributed by atoms with van der Waals surface area (Å²) in [6, 6.07) is 11.7. The van der Waals surface area contributed by atoms with Crippen molar-refractivity contribution in [3.05, 3.63) is 98.6 Å². The van der Waals surface area contributed by atoms with Gasteiger partial charge in [-0.15, -0.1) is 0 Å². The number of benzene rings is 3. The summed E-state index contributed by atoms with van der Waals surface area (Å²) >= 11 is 0. The summed E-state index contributed by atoms with van der Waals surface area (Å²) in [5.74, 6) is 0.136. The lowest BCUT2D eigenvalue weighted by atomic mass is 9.92. The average Bonchev–Trinajstić information content (AvgIpc) is 2.88. The molecular formula is C31H34O6. The van der Waals surface area contributed by atoms with Crippen LogP contribution < -0.4 is 9.47 Å². The zero-order valence-electron chi connectivity index (χ0n) is 22.6.